The zero-order valence-corrected chi connectivity index (χ0v) is 17.1. The van der Waals surface area contributed by atoms with Gasteiger partial charge in [0.25, 0.3) is 5.91 Å². The van der Waals surface area contributed by atoms with E-state index in [2.05, 4.69) is 10.6 Å². The van der Waals surface area contributed by atoms with Crippen LogP contribution in [0.2, 0.25) is 0 Å². The van der Waals surface area contributed by atoms with Gasteiger partial charge < -0.3 is 10.6 Å². The summed E-state index contributed by atoms with van der Waals surface area (Å²) < 4.78 is 0. The molecule has 0 fully saturated rings. The van der Waals surface area contributed by atoms with Gasteiger partial charge in [0.2, 0.25) is 5.91 Å². The van der Waals surface area contributed by atoms with Crippen LogP contribution in [0.3, 0.4) is 0 Å². The molecule has 2 N–H and O–H groups in total. The van der Waals surface area contributed by atoms with Crippen LogP contribution in [0.5, 0.6) is 0 Å². The molecule has 0 aromatic heterocycles. The van der Waals surface area contributed by atoms with Gasteiger partial charge in [-0.25, -0.2) is 0 Å². The first-order valence-corrected chi connectivity index (χ1v) is 10.4. The summed E-state index contributed by atoms with van der Waals surface area (Å²) in [6.45, 7) is 2.39. The van der Waals surface area contributed by atoms with E-state index >= 15 is 0 Å². The van der Waals surface area contributed by atoms with E-state index < -0.39 is 0 Å². The molecule has 0 spiro atoms. The second kappa shape index (κ2) is 10.5. The number of anilines is 1. The van der Waals surface area contributed by atoms with E-state index in [0.29, 0.717) is 17.8 Å². The number of thioether (sulfide) groups is 1. The fraction of sp³-hybridized carbons (Fsp3) is 0.167. The Morgan fingerprint density at radius 2 is 1.48 bits per heavy atom. The Hall–Kier alpha value is -3.05. The van der Waals surface area contributed by atoms with Gasteiger partial charge in [0.1, 0.15) is 0 Å². The summed E-state index contributed by atoms with van der Waals surface area (Å²) in [7, 11) is 0. The molecule has 148 valence electrons. The third-order valence-electron chi connectivity index (χ3n) is 4.40. The average molecular weight is 405 g/mol. The number of para-hydroxylation sites is 1. The van der Waals surface area contributed by atoms with Crippen LogP contribution in [0, 0.1) is 0 Å². The van der Waals surface area contributed by atoms with Crippen LogP contribution in [0.1, 0.15) is 22.8 Å². The lowest BCUT2D eigenvalue weighted by Gasteiger charge is -2.15. The van der Waals surface area contributed by atoms with Gasteiger partial charge in [-0.2, -0.15) is 0 Å². The van der Waals surface area contributed by atoms with Gasteiger partial charge in [0.15, 0.2) is 0 Å². The third kappa shape index (κ3) is 6.22. The SMILES string of the molecule is C[C@@H](Sc1ccccc1)C(=O)Nc1ccccc1C(=O)NCCc1ccccc1. The maximum atomic E-state index is 12.6. The monoisotopic (exact) mass is 404 g/mol. The van der Waals surface area contributed by atoms with Crippen LogP contribution in [0.4, 0.5) is 5.69 Å². The minimum atomic E-state index is -0.286. The smallest absolute Gasteiger partial charge is 0.253 e. The molecule has 3 aromatic carbocycles. The Morgan fingerprint density at radius 3 is 2.21 bits per heavy atom. The summed E-state index contributed by atoms with van der Waals surface area (Å²) in [6.07, 6.45) is 0.756. The lowest BCUT2D eigenvalue weighted by Crippen LogP contribution is -2.28. The van der Waals surface area contributed by atoms with Crippen molar-refractivity contribution in [3.05, 3.63) is 96.1 Å². The average Bonchev–Trinajstić information content (AvgIpc) is 2.75. The maximum Gasteiger partial charge on any atom is 0.253 e. The van der Waals surface area contributed by atoms with Gasteiger partial charge in [-0.1, -0.05) is 60.7 Å². The molecule has 0 bridgehead atoms. The first kappa shape index (κ1) is 20.7. The molecule has 3 rings (SSSR count). The van der Waals surface area contributed by atoms with Crippen LogP contribution in [0.25, 0.3) is 0 Å². The van der Waals surface area contributed by atoms with E-state index in [9.17, 15) is 9.59 Å². The van der Waals surface area contributed by atoms with Gasteiger partial charge in [-0.15, -0.1) is 11.8 Å². The molecule has 0 heterocycles. The summed E-state index contributed by atoms with van der Waals surface area (Å²) in [5.74, 6) is -0.330. The predicted octanol–water partition coefficient (Wildman–Crippen LogP) is 4.78. The fourth-order valence-corrected chi connectivity index (χ4v) is 3.73. The molecule has 0 aliphatic heterocycles. The number of carbonyl (C=O) groups is 2. The number of hydrogen-bond acceptors (Lipinski definition) is 3. The van der Waals surface area contributed by atoms with Crippen LogP contribution in [-0.2, 0) is 11.2 Å². The standard InChI is InChI=1S/C24H24N2O2S/c1-18(29-20-12-6-3-7-13-20)23(27)26-22-15-9-8-14-21(22)24(28)25-17-16-19-10-4-2-5-11-19/h2-15,18H,16-17H2,1H3,(H,25,28)(H,26,27)/t18-/m1/s1. The molecule has 0 unspecified atom stereocenters. The molecule has 0 aliphatic rings. The molecule has 0 aliphatic carbocycles. The zero-order chi connectivity index (χ0) is 20.5. The van der Waals surface area contributed by atoms with Crippen molar-refractivity contribution in [3.8, 4) is 0 Å². The summed E-state index contributed by atoms with van der Waals surface area (Å²) in [5, 5.41) is 5.55. The van der Waals surface area contributed by atoms with Crippen molar-refractivity contribution in [3.63, 3.8) is 0 Å². The van der Waals surface area contributed by atoms with E-state index in [1.54, 1.807) is 18.2 Å². The van der Waals surface area contributed by atoms with Crippen molar-refractivity contribution in [2.24, 2.45) is 0 Å². The number of nitrogens with one attached hydrogen (secondary N) is 2. The number of carbonyl (C=O) groups excluding carboxylic acids is 2. The van der Waals surface area contributed by atoms with E-state index in [4.69, 9.17) is 0 Å². The van der Waals surface area contributed by atoms with E-state index in [-0.39, 0.29) is 17.1 Å². The van der Waals surface area contributed by atoms with Crippen molar-refractivity contribution in [2.75, 3.05) is 11.9 Å². The number of benzene rings is 3. The van der Waals surface area contributed by atoms with Crippen molar-refractivity contribution in [2.45, 2.75) is 23.5 Å². The summed E-state index contributed by atoms with van der Waals surface area (Å²) in [6, 6.07) is 26.9. The van der Waals surface area contributed by atoms with Gasteiger partial charge >= 0.3 is 0 Å². The van der Waals surface area contributed by atoms with Gasteiger partial charge in [-0.05, 0) is 43.2 Å². The maximum absolute atomic E-state index is 12.6. The minimum absolute atomic E-state index is 0.136. The number of amides is 2. The van der Waals surface area contributed by atoms with Gasteiger partial charge in [0, 0.05) is 11.4 Å². The number of rotatable bonds is 8. The molecule has 0 saturated carbocycles. The van der Waals surface area contributed by atoms with Crippen molar-refractivity contribution in [1.29, 1.82) is 0 Å². The topological polar surface area (TPSA) is 58.2 Å². The Morgan fingerprint density at radius 1 is 0.862 bits per heavy atom. The van der Waals surface area contributed by atoms with Crippen LogP contribution >= 0.6 is 11.8 Å². The zero-order valence-electron chi connectivity index (χ0n) is 16.3. The van der Waals surface area contributed by atoms with Crippen molar-refractivity contribution in [1.82, 2.24) is 5.32 Å². The molecular formula is C24H24N2O2S. The minimum Gasteiger partial charge on any atom is -0.352 e. The molecule has 2 amide bonds. The second-order valence-corrected chi connectivity index (χ2v) is 8.01. The van der Waals surface area contributed by atoms with Crippen LogP contribution < -0.4 is 10.6 Å². The highest BCUT2D eigenvalue weighted by molar-refractivity contribution is 8.00. The highest BCUT2D eigenvalue weighted by Crippen LogP contribution is 2.24. The van der Waals surface area contributed by atoms with E-state index in [1.807, 2.05) is 73.7 Å². The van der Waals surface area contributed by atoms with Gasteiger partial charge in [-0.3, -0.25) is 9.59 Å². The first-order chi connectivity index (χ1) is 14.1. The molecule has 0 radical (unpaired) electrons. The highest BCUT2D eigenvalue weighted by Gasteiger charge is 2.18. The first-order valence-electron chi connectivity index (χ1n) is 9.57. The molecular weight excluding hydrogens is 380 g/mol. The normalized spacial score (nSPS) is 11.5. The number of hydrogen-bond donors (Lipinski definition) is 2. The molecule has 29 heavy (non-hydrogen) atoms. The Kier molecular flexibility index (Phi) is 7.47. The van der Waals surface area contributed by atoms with E-state index in [0.717, 1.165) is 11.3 Å². The molecule has 3 aromatic rings. The Bertz CT molecular complexity index is 945. The third-order valence-corrected chi connectivity index (χ3v) is 5.51. The van der Waals surface area contributed by atoms with Crippen LogP contribution in [0.15, 0.2) is 89.8 Å². The second-order valence-electron chi connectivity index (χ2n) is 6.60. The predicted molar refractivity (Wildman–Crippen MR) is 119 cm³/mol. The molecule has 1 atom stereocenters. The van der Waals surface area contributed by atoms with E-state index in [1.165, 1.54) is 17.3 Å². The Balaban J connectivity index is 1.59. The summed E-state index contributed by atoms with van der Waals surface area (Å²) in [5.41, 5.74) is 2.15. The Labute approximate surface area is 175 Å². The summed E-state index contributed by atoms with van der Waals surface area (Å²) >= 11 is 1.48. The highest BCUT2D eigenvalue weighted by atomic mass is 32.2. The largest absolute Gasteiger partial charge is 0.352 e. The lowest BCUT2D eigenvalue weighted by atomic mass is 10.1. The summed E-state index contributed by atoms with van der Waals surface area (Å²) in [4.78, 5) is 26.3. The quantitative estimate of drug-likeness (QED) is 0.531. The molecule has 0 saturated heterocycles. The van der Waals surface area contributed by atoms with Gasteiger partial charge in [0.05, 0.1) is 16.5 Å². The molecule has 4 nitrogen and oxygen atoms in total. The van der Waals surface area contributed by atoms with Crippen molar-refractivity contribution >= 4 is 29.3 Å². The fourth-order valence-electron chi connectivity index (χ4n) is 2.84. The molecule has 5 heteroatoms. The van der Waals surface area contributed by atoms with Crippen molar-refractivity contribution < 1.29 is 9.59 Å². The lowest BCUT2D eigenvalue weighted by molar-refractivity contribution is -0.115. The van der Waals surface area contributed by atoms with Crippen LogP contribution in [-0.4, -0.2) is 23.6 Å².